The molecule has 2 heterocycles. The normalized spacial score (nSPS) is 10.3. The molecular weight excluding hydrogens is 252 g/mol. The summed E-state index contributed by atoms with van der Waals surface area (Å²) in [5.41, 5.74) is 8.87. The first-order valence-electron chi connectivity index (χ1n) is 6.43. The van der Waals surface area contributed by atoms with E-state index in [0.29, 0.717) is 24.5 Å². The fourth-order valence-corrected chi connectivity index (χ4v) is 2.03. The molecule has 2 aromatic heterocycles. The molecule has 3 N–H and O–H groups in total. The molecule has 20 heavy (non-hydrogen) atoms. The van der Waals surface area contributed by atoms with Gasteiger partial charge < -0.3 is 10.5 Å². The van der Waals surface area contributed by atoms with Crippen molar-refractivity contribution in [2.45, 2.75) is 20.3 Å². The van der Waals surface area contributed by atoms with Crippen molar-refractivity contribution in [2.75, 3.05) is 6.61 Å². The smallest absolute Gasteiger partial charge is 0.225 e. The van der Waals surface area contributed by atoms with Gasteiger partial charge in [0.05, 0.1) is 12.2 Å². The molecule has 5 nitrogen and oxygen atoms in total. The number of aromatic nitrogens is 2. The highest BCUT2D eigenvalue weighted by Crippen LogP contribution is 2.20. The third kappa shape index (κ3) is 3.32. The Hall–Kier alpha value is -2.43. The highest BCUT2D eigenvalue weighted by Gasteiger charge is 2.13. The van der Waals surface area contributed by atoms with Crippen molar-refractivity contribution in [1.82, 2.24) is 9.97 Å². The second kappa shape index (κ2) is 6.14. The van der Waals surface area contributed by atoms with Crippen molar-refractivity contribution in [3.8, 4) is 5.88 Å². The Morgan fingerprint density at radius 2 is 2.15 bits per heavy atom. The molecule has 0 unspecified atom stereocenters. The summed E-state index contributed by atoms with van der Waals surface area (Å²) in [6, 6.07) is 7.66. The fourth-order valence-electron chi connectivity index (χ4n) is 2.03. The monoisotopic (exact) mass is 270 g/mol. The van der Waals surface area contributed by atoms with E-state index in [-0.39, 0.29) is 5.84 Å². The van der Waals surface area contributed by atoms with E-state index in [4.69, 9.17) is 15.9 Å². The summed E-state index contributed by atoms with van der Waals surface area (Å²) < 4.78 is 5.69. The van der Waals surface area contributed by atoms with Crippen LogP contribution in [-0.2, 0) is 6.42 Å². The van der Waals surface area contributed by atoms with Crippen LogP contribution in [0.5, 0.6) is 5.88 Å². The zero-order valence-electron chi connectivity index (χ0n) is 11.7. The lowest BCUT2D eigenvalue weighted by atomic mass is 10.1. The van der Waals surface area contributed by atoms with E-state index in [9.17, 15) is 0 Å². The molecule has 2 rings (SSSR count). The van der Waals surface area contributed by atoms with E-state index >= 15 is 0 Å². The standard InChI is InChI=1S/C15H18N4O/c1-10-9-11(2)19-15(13(10)14(16)17)20-8-6-12-5-3-4-7-18-12/h3-5,7,9H,6,8H2,1-2H3,(H3,16,17). The number of nitrogens with two attached hydrogens (primary N) is 1. The number of nitrogens with one attached hydrogen (secondary N) is 1. The van der Waals surface area contributed by atoms with Crippen molar-refractivity contribution in [1.29, 1.82) is 5.41 Å². The molecule has 0 saturated heterocycles. The summed E-state index contributed by atoms with van der Waals surface area (Å²) in [6.45, 7) is 4.24. The molecule has 0 radical (unpaired) electrons. The molecule has 0 bridgehead atoms. The number of hydrogen-bond donors (Lipinski definition) is 2. The van der Waals surface area contributed by atoms with Gasteiger partial charge in [-0.2, -0.15) is 0 Å². The number of ether oxygens (including phenoxy) is 1. The van der Waals surface area contributed by atoms with Crippen LogP contribution in [0, 0.1) is 19.3 Å². The van der Waals surface area contributed by atoms with Crippen LogP contribution < -0.4 is 10.5 Å². The van der Waals surface area contributed by atoms with Crippen LogP contribution in [0.4, 0.5) is 0 Å². The van der Waals surface area contributed by atoms with Gasteiger partial charge in [0.1, 0.15) is 5.84 Å². The van der Waals surface area contributed by atoms with E-state index in [2.05, 4.69) is 9.97 Å². The molecule has 0 atom stereocenters. The first-order valence-corrected chi connectivity index (χ1v) is 6.43. The van der Waals surface area contributed by atoms with Crippen LogP contribution in [0.25, 0.3) is 0 Å². The predicted octanol–water partition coefficient (Wildman–Crippen LogP) is 2.00. The number of nitrogen functional groups attached to an aromatic ring is 1. The highest BCUT2D eigenvalue weighted by molar-refractivity contribution is 5.98. The summed E-state index contributed by atoms with van der Waals surface area (Å²) in [6.07, 6.45) is 2.44. The lowest BCUT2D eigenvalue weighted by Gasteiger charge is -2.12. The first kappa shape index (κ1) is 14.0. The minimum atomic E-state index is -0.0252. The van der Waals surface area contributed by atoms with E-state index in [1.54, 1.807) is 6.20 Å². The van der Waals surface area contributed by atoms with Crippen molar-refractivity contribution in [3.05, 3.63) is 53.0 Å². The summed E-state index contributed by atoms with van der Waals surface area (Å²) in [5, 5.41) is 7.63. The van der Waals surface area contributed by atoms with E-state index in [1.807, 2.05) is 38.1 Å². The Morgan fingerprint density at radius 1 is 1.35 bits per heavy atom. The maximum absolute atomic E-state index is 7.63. The SMILES string of the molecule is Cc1cc(C)c(C(=N)N)c(OCCc2ccccn2)n1. The Bertz CT molecular complexity index is 611. The van der Waals surface area contributed by atoms with E-state index < -0.39 is 0 Å². The van der Waals surface area contributed by atoms with Gasteiger partial charge in [-0.25, -0.2) is 4.98 Å². The quantitative estimate of drug-likeness (QED) is 0.643. The molecule has 5 heteroatoms. The van der Waals surface area contributed by atoms with Gasteiger partial charge in [-0.3, -0.25) is 10.4 Å². The zero-order chi connectivity index (χ0) is 14.5. The maximum Gasteiger partial charge on any atom is 0.225 e. The molecule has 0 spiro atoms. The number of hydrogen-bond acceptors (Lipinski definition) is 4. The Kier molecular flexibility index (Phi) is 4.30. The van der Waals surface area contributed by atoms with Gasteiger partial charge in [0, 0.05) is 24.0 Å². The largest absolute Gasteiger partial charge is 0.477 e. The number of amidine groups is 1. The second-order valence-electron chi connectivity index (χ2n) is 4.59. The first-order chi connectivity index (χ1) is 9.58. The fraction of sp³-hybridized carbons (Fsp3) is 0.267. The third-order valence-electron chi connectivity index (χ3n) is 2.90. The van der Waals surface area contributed by atoms with Crippen molar-refractivity contribution >= 4 is 5.84 Å². The lowest BCUT2D eigenvalue weighted by Crippen LogP contribution is -2.17. The molecule has 0 aromatic carbocycles. The van der Waals surface area contributed by atoms with Gasteiger partial charge in [-0.1, -0.05) is 6.07 Å². The van der Waals surface area contributed by atoms with Crippen molar-refractivity contribution in [2.24, 2.45) is 5.73 Å². The van der Waals surface area contributed by atoms with Crippen LogP contribution in [0.2, 0.25) is 0 Å². The van der Waals surface area contributed by atoms with Crippen molar-refractivity contribution in [3.63, 3.8) is 0 Å². The van der Waals surface area contributed by atoms with Crippen LogP contribution in [0.3, 0.4) is 0 Å². The van der Waals surface area contributed by atoms with Gasteiger partial charge in [0.2, 0.25) is 5.88 Å². The summed E-state index contributed by atoms with van der Waals surface area (Å²) >= 11 is 0. The number of aryl methyl sites for hydroxylation is 2. The van der Waals surface area contributed by atoms with Crippen molar-refractivity contribution < 1.29 is 4.74 Å². The topological polar surface area (TPSA) is 84.9 Å². The summed E-state index contributed by atoms with van der Waals surface area (Å²) in [7, 11) is 0. The predicted molar refractivity (Wildman–Crippen MR) is 78.2 cm³/mol. The number of rotatable bonds is 5. The van der Waals surface area contributed by atoms with Crippen LogP contribution >= 0.6 is 0 Å². The highest BCUT2D eigenvalue weighted by atomic mass is 16.5. The van der Waals surface area contributed by atoms with E-state index in [0.717, 1.165) is 17.0 Å². The molecule has 0 aliphatic heterocycles. The lowest BCUT2D eigenvalue weighted by molar-refractivity contribution is 0.306. The molecule has 0 aliphatic carbocycles. The molecule has 2 aromatic rings. The average molecular weight is 270 g/mol. The minimum Gasteiger partial charge on any atom is -0.477 e. The minimum absolute atomic E-state index is 0.0252. The van der Waals surface area contributed by atoms with Crippen LogP contribution in [-0.4, -0.2) is 22.4 Å². The van der Waals surface area contributed by atoms with Crippen LogP contribution in [0.15, 0.2) is 30.5 Å². The Balaban J connectivity index is 2.11. The molecule has 104 valence electrons. The molecular formula is C15H18N4O. The average Bonchev–Trinajstić information content (AvgIpc) is 2.38. The van der Waals surface area contributed by atoms with Gasteiger partial charge >= 0.3 is 0 Å². The van der Waals surface area contributed by atoms with E-state index in [1.165, 1.54) is 0 Å². The summed E-state index contributed by atoms with van der Waals surface area (Å²) in [4.78, 5) is 8.56. The number of pyridine rings is 2. The molecule has 0 fully saturated rings. The molecule has 0 aliphatic rings. The van der Waals surface area contributed by atoms with Crippen LogP contribution in [0.1, 0.15) is 22.5 Å². The van der Waals surface area contributed by atoms with Gasteiger partial charge in [0.25, 0.3) is 0 Å². The van der Waals surface area contributed by atoms with Gasteiger partial charge in [0.15, 0.2) is 0 Å². The molecule has 0 amide bonds. The Labute approximate surface area is 118 Å². The summed E-state index contributed by atoms with van der Waals surface area (Å²) in [5.74, 6) is 0.397. The van der Waals surface area contributed by atoms with Gasteiger partial charge in [-0.05, 0) is 37.6 Å². The molecule has 0 saturated carbocycles. The number of nitrogens with zero attached hydrogens (tertiary/aromatic N) is 2. The third-order valence-corrected chi connectivity index (χ3v) is 2.90. The second-order valence-corrected chi connectivity index (χ2v) is 4.59. The maximum atomic E-state index is 7.63. The zero-order valence-corrected chi connectivity index (χ0v) is 11.7. The Morgan fingerprint density at radius 3 is 2.80 bits per heavy atom. The van der Waals surface area contributed by atoms with Gasteiger partial charge in [-0.15, -0.1) is 0 Å².